The summed E-state index contributed by atoms with van der Waals surface area (Å²) in [4.78, 5) is 53.4. The highest BCUT2D eigenvalue weighted by molar-refractivity contribution is 6.42. The van der Waals surface area contributed by atoms with E-state index in [4.69, 9.17) is 11.6 Å². The third kappa shape index (κ3) is 4.23. The molecule has 7 nitrogen and oxygen atoms in total. The number of rotatable bonds is 5. The molecule has 3 atom stereocenters. The maximum Gasteiger partial charge on any atom is 0.349 e. The number of hydrogen-bond donors (Lipinski definition) is 1. The molecule has 4 amide bonds. The molecule has 2 aliphatic heterocycles. The van der Waals surface area contributed by atoms with Crippen LogP contribution in [0.15, 0.2) is 42.5 Å². The van der Waals surface area contributed by atoms with Crippen LogP contribution in [0.5, 0.6) is 0 Å². The summed E-state index contributed by atoms with van der Waals surface area (Å²) >= 11 is 5.75. The number of benzene rings is 2. The summed E-state index contributed by atoms with van der Waals surface area (Å²) in [5, 5.41) is 2.62. The minimum absolute atomic E-state index is 0.126. The van der Waals surface area contributed by atoms with Gasteiger partial charge in [0.25, 0.3) is 11.8 Å². The van der Waals surface area contributed by atoms with Crippen LogP contribution < -0.4 is 5.32 Å². The fraction of sp³-hybridized carbons (Fsp3) is 0.273. The first-order valence-corrected chi connectivity index (χ1v) is 11.9. The van der Waals surface area contributed by atoms with E-state index in [1.165, 1.54) is 25.0 Å². The zero-order chi connectivity index (χ0) is 26.6. The number of nitrogens with one attached hydrogen (secondary N) is 1. The average molecular weight is 509 g/mol. The predicted octanol–water partition coefficient (Wildman–Crippen LogP) is -1.11. The van der Waals surface area contributed by atoms with Gasteiger partial charge in [-0.05, 0) is 35.7 Å². The van der Waals surface area contributed by atoms with Gasteiger partial charge in [0, 0.05) is 34.5 Å². The maximum atomic E-state index is 14.7. The summed E-state index contributed by atoms with van der Waals surface area (Å²) < 4.78 is 29.4. The van der Waals surface area contributed by atoms with Crippen molar-refractivity contribution in [3.8, 4) is 0 Å². The molecule has 0 aromatic heterocycles. The highest BCUT2D eigenvalue weighted by atomic mass is 35.5. The fourth-order valence-electron chi connectivity index (χ4n) is 4.96. The highest BCUT2D eigenvalue weighted by Gasteiger charge is 2.52. The van der Waals surface area contributed by atoms with Gasteiger partial charge in [-0.3, -0.25) is 19.2 Å². The summed E-state index contributed by atoms with van der Waals surface area (Å²) in [5.41, 5.74) is -0.132. The molecule has 2 aliphatic rings. The number of hydrogen-bond acceptors (Lipinski definition) is 4. The summed E-state index contributed by atoms with van der Waals surface area (Å²) in [6, 6.07) is 9.61. The van der Waals surface area contributed by atoms with E-state index >= 15 is 0 Å². The predicted molar refractivity (Wildman–Crippen MR) is 140 cm³/mol. The van der Waals surface area contributed by atoms with Gasteiger partial charge in [-0.2, -0.15) is 8.78 Å². The van der Waals surface area contributed by atoms with E-state index in [0.717, 1.165) is 16.9 Å². The van der Waals surface area contributed by atoms with Gasteiger partial charge in [0.05, 0.1) is 5.44 Å². The van der Waals surface area contributed by atoms with Crippen molar-refractivity contribution in [3.63, 3.8) is 0 Å². The Morgan fingerprint density at radius 2 is 1.81 bits per heavy atom. The lowest BCUT2D eigenvalue weighted by Crippen LogP contribution is -2.65. The van der Waals surface area contributed by atoms with Gasteiger partial charge in [-0.25, -0.2) is 0 Å². The molecule has 1 saturated heterocycles. The second-order valence-electron chi connectivity index (χ2n) is 9.67. The van der Waals surface area contributed by atoms with Crippen LogP contribution in [0, 0.1) is 0 Å². The van der Waals surface area contributed by atoms with Crippen molar-refractivity contribution in [2.24, 2.45) is 0 Å². The molecule has 0 aliphatic carbocycles. The third-order valence-electron chi connectivity index (χ3n) is 7.09. The lowest BCUT2D eigenvalue weighted by molar-refractivity contribution is -0.148. The number of fused-ring (bicyclic) bond motifs is 1. The topological polar surface area (TPSA) is 86.8 Å². The van der Waals surface area contributed by atoms with E-state index in [-0.39, 0.29) is 29.8 Å². The monoisotopic (exact) mass is 509 g/mol. The van der Waals surface area contributed by atoms with E-state index in [2.05, 4.69) is 5.32 Å². The molecule has 1 fully saturated rings. The Bertz CT molecular complexity index is 1280. The molecular weight excluding hydrogens is 487 g/mol. The SMILES string of the molecule is BC1C[C@@](B)(N2Cc3cc(C(B)NC(=O)C(F)(F)c4ccc(Cl)cc4)ccc3C2=O)C(=O)N(B)C1=O. The van der Waals surface area contributed by atoms with Crippen LogP contribution in [0.4, 0.5) is 8.78 Å². The van der Waals surface area contributed by atoms with Crippen LogP contribution in [0.1, 0.15) is 39.4 Å². The first-order valence-electron chi connectivity index (χ1n) is 11.5. The first-order chi connectivity index (χ1) is 16.8. The largest absolute Gasteiger partial charge is 0.352 e. The molecule has 4 rings (SSSR count). The smallest absolute Gasteiger partial charge is 0.349 e. The number of imide groups is 1. The summed E-state index contributed by atoms with van der Waals surface area (Å²) in [6.07, 6.45) is 0.202. The van der Waals surface area contributed by atoms with Crippen LogP contribution >= 0.6 is 11.6 Å². The summed E-state index contributed by atoms with van der Waals surface area (Å²) in [5.74, 6) is -7.51. The highest BCUT2D eigenvalue weighted by Crippen LogP contribution is 2.38. The van der Waals surface area contributed by atoms with Crippen molar-refractivity contribution in [1.29, 1.82) is 0 Å². The standard InChI is InChI=1S/C22H22B4ClF2N3O4/c23-15-8-21(25,20(36)32(26)18(15)34)31-9-11-7-10(1-6-14(11)17(31)33)16(24)30-19(35)22(28,29)12-2-4-13(27)5-3-12/h1-7,15-16H,8-9,23-26H2,(H,30,35)/t15?,16?,21-/m1/s1. The Labute approximate surface area is 215 Å². The van der Waals surface area contributed by atoms with Crippen LogP contribution in [-0.2, 0) is 26.9 Å². The van der Waals surface area contributed by atoms with Crippen molar-refractivity contribution >= 4 is 66.7 Å². The van der Waals surface area contributed by atoms with Crippen LogP contribution in [0.2, 0.25) is 10.8 Å². The Hall–Kier alpha value is -3.07. The second-order valence-corrected chi connectivity index (χ2v) is 10.1. The van der Waals surface area contributed by atoms with Crippen molar-refractivity contribution in [2.75, 3.05) is 0 Å². The number of alkyl halides is 2. The van der Waals surface area contributed by atoms with E-state index < -0.39 is 40.5 Å². The molecule has 2 aromatic rings. The molecule has 182 valence electrons. The molecule has 36 heavy (non-hydrogen) atoms. The molecule has 0 saturated carbocycles. The first kappa shape index (κ1) is 26.0. The van der Waals surface area contributed by atoms with Gasteiger partial charge in [-0.1, -0.05) is 35.9 Å². The Balaban J connectivity index is 1.53. The number of carbonyl (C=O) groups is 4. The minimum Gasteiger partial charge on any atom is -0.352 e. The normalized spacial score (nSPS) is 23.0. The van der Waals surface area contributed by atoms with Crippen LogP contribution in [0.3, 0.4) is 0 Å². The quantitative estimate of drug-likeness (QED) is 0.410. The zero-order valence-electron chi connectivity index (χ0n) is 20.3. The van der Waals surface area contributed by atoms with Gasteiger partial charge in [0.1, 0.15) is 23.5 Å². The third-order valence-corrected chi connectivity index (χ3v) is 7.34. The van der Waals surface area contributed by atoms with Gasteiger partial charge in [0.15, 0.2) is 0 Å². The Morgan fingerprint density at radius 1 is 1.17 bits per heavy atom. The van der Waals surface area contributed by atoms with Crippen LogP contribution in [0.25, 0.3) is 0 Å². The molecule has 14 heteroatoms. The van der Waals surface area contributed by atoms with Gasteiger partial charge < -0.3 is 15.0 Å². The number of piperidine rings is 1. The molecule has 0 radical (unpaired) electrons. The molecule has 0 bridgehead atoms. The summed E-state index contributed by atoms with van der Waals surface area (Å²) in [7, 11) is 6.36. The van der Waals surface area contributed by atoms with E-state index in [1.807, 2.05) is 0 Å². The van der Waals surface area contributed by atoms with Crippen molar-refractivity contribution in [2.45, 2.75) is 36.1 Å². The van der Waals surface area contributed by atoms with Crippen molar-refractivity contribution in [1.82, 2.24) is 15.0 Å². The van der Waals surface area contributed by atoms with E-state index in [1.54, 1.807) is 41.7 Å². The summed E-state index contributed by atoms with van der Waals surface area (Å²) in [6.45, 7) is 0.126. The lowest BCUT2D eigenvalue weighted by atomic mass is 9.61. The average Bonchev–Trinajstić information content (AvgIpc) is 3.18. The second kappa shape index (κ2) is 9.10. The fourth-order valence-corrected chi connectivity index (χ4v) is 5.08. The van der Waals surface area contributed by atoms with Gasteiger partial charge in [0.2, 0.25) is 19.8 Å². The molecular formula is C22H22B4ClF2N3O4. The van der Waals surface area contributed by atoms with Gasteiger partial charge >= 0.3 is 5.92 Å². The van der Waals surface area contributed by atoms with Crippen molar-refractivity contribution in [3.05, 3.63) is 69.7 Å². The lowest BCUT2D eigenvalue weighted by Gasteiger charge is -2.45. The Morgan fingerprint density at radius 3 is 2.44 bits per heavy atom. The van der Waals surface area contributed by atoms with E-state index in [9.17, 15) is 28.0 Å². The number of nitrogens with zero attached hydrogens (tertiary/aromatic N) is 2. The zero-order valence-corrected chi connectivity index (χ0v) is 21.0. The number of amides is 4. The van der Waals surface area contributed by atoms with Crippen LogP contribution in [-0.4, -0.2) is 70.3 Å². The van der Waals surface area contributed by atoms with Gasteiger partial charge in [-0.15, -0.1) is 0 Å². The molecule has 2 heterocycles. The Kier molecular flexibility index (Phi) is 6.58. The number of carbonyl (C=O) groups excluding carboxylic acids is 4. The molecule has 1 N–H and O–H groups in total. The molecule has 0 spiro atoms. The maximum absolute atomic E-state index is 14.7. The molecule has 2 unspecified atom stereocenters. The van der Waals surface area contributed by atoms with Crippen molar-refractivity contribution < 1.29 is 28.0 Å². The number of halogens is 3. The van der Waals surface area contributed by atoms with E-state index in [0.29, 0.717) is 16.7 Å². The minimum atomic E-state index is -3.77. The molecule has 2 aromatic carbocycles.